The molecule has 2 heterocycles. The van der Waals surface area contributed by atoms with Crippen molar-refractivity contribution in [3.05, 3.63) is 163 Å². The molecule has 18 heteroatoms. The molecule has 0 saturated heterocycles. The van der Waals surface area contributed by atoms with Crippen LogP contribution < -0.4 is 29.6 Å². The Bertz CT molecular complexity index is 3010. The van der Waals surface area contributed by atoms with Gasteiger partial charge in [0.05, 0.1) is 28.1 Å². The molecule has 4 aromatic carbocycles. The Kier molecular flexibility index (Phi) is 19.0. The van der Waals surface area contributed by atoms with Crippen molar-refractivity contribution in [1.82, 2.24) is 20.6 Å². The van der Waals surface area contributed by atoms with Gasteiger partial charge in [0.2, 0.25) is 0 Å². The maximum absolute atomic E-state index is 11.8. The molecular weight excluding hydrogens is 948 g/mol. The van der Waals surface area contributed by atoms with Crippen LogP contribution in [0.15, 0.2) is 103 Å². The van der Waals surface area contributed by atoms with Crippen LogP contribution >= 0.6 is 23.2 Å². The number of nitrogens with one attached hydrogen (secondary N) is 3. The number of nitrogens with zero attached hydrogens (tertiary/aromatic N) is 5. The summed E-state index contributed by atoms with van der Waals surface area (Å²) in [5.74, 6) is -0.810. The first kappa shape index (κ1) is 52.5. The Morgan fingerprint density at radius 3 is 1.70 bits per heavy atom. The highest BCUT2D eigenvalue weighted by molar-refractivity contribution is 6.32. The predicted molar refractivity (Wildman–Crippen MR) is 268 cm³/mol. The van der Waals surface area contributed by atoms with E-state index >= 15 is 0 Å². The van der Waals surface area contributed by atoms with Gasteiger partial charge in [-0.2, -0.15) is 10.5 Å². The monoisotopic (exact) mass is 996 g/mol. The summed E-state index contributed by atoms with van der Waals surface area (Å²) >= 11 is 13.6. The van der Waals surface area contributed by atoms with Gasteiger partial charge < -0.3 is 34.6 Å². The lowest BCUT2D eigenvalue weighted by atomic mass is 9.92. The molecule has 0 spiro atoms. The van der Waals surface area contributed by atoms with Crippen LogP contribution in [0.2, 0.25) is 10.0 Å². The number of carboxylic acid groups (broad SMARTS) is 2. The number of hydrogen-bond acceptors (Lipinski definition) is 14. The van der Waals surface area contributed by atoms with Crippen LogP contribution in [0.25, 0.3) is 11.1 Å². The molecule has 0 unspecified atom stereocenters. The van der Waals surface area contributed by atoms with Crippen molar-refractivity contribution in [3.8, 4) is 46.3 Å². The van der Waals surface area contributed by atoms with Crippen molar-refractivity contribution < 1.29 is 38.7 Å². The molecule has 0 bridgehead atoms. The number of ether oxygens (including phenoxy) is 4. The Morgan fingerprint density at radius 2 is 1.21 bits per heavy atom. The summed E-state index contributed by atoms with van der Waals surface area (Å²) in [6.45, 7) is 4.63. The lowest BCUT2D eigenvalue weighted by Crippen LogP contribution is -2.36. The minimum Gasteiger partial charge on any atom is -0.488 e. The molecular formula is C53H50Cl2N8O8. The number of aliphatic imine (C=N–C) groups is 1. The smallest absolute Gasteiger partial charge is 0.321 e. The van der Waals surface area contributed by atoms with Gasteiger partial charge in [0.1, 0.15) is 67.6 Å². The summed E-state index contributed by atoms with van der Waals surface area (Å²) < 4.78 is 25.2. The van der Waals surface area contributed by atoms with Crippen molar-refractivity contribution in [3.63, 3.8) is 0 Å². The minimum absolute atomic E-state index is 0.0140. The third kappa shape index (κ3) is 14.4. The van der Waals surface area contributed by atoms with E-state index in [1.54, 1.807) is 62.2 Å². The largest absolute Gasteiger partial charge is 0.488 e. The molecule has 0 aliphatic rings. The zero-order valence-electron chi connectivity index (χ0n) is 39.0. The molecule has 6 rings (SSSR count). The topological polar surface area (TPSA) is 245 Å². The van der Waals surface area contributed by atoms with Crippen LogP contribution in [0.3, 0.4) is 0 Å². The molecule has 2 atom stereocenters. The van der Waals surface area contributed by atoms with Gasteiger partial charge in [-0.3, -0.25) is 35.2 Å². The van der Waals surface area contributed by atoms with Gasteiger partial charge in [0.15, 0.2) is 0 Å². The molecule has 2 aromatic heterocycles. The van der Waals surface area contributed by atoms with Crippen molar-refractivity contribution in [2.75, 3.05) is 7.05 Å². The second-order valence-electron chi connectivity index (χ2n) is 16.2. The number of carboxylic acids is 2. The summed E-state index contributed by atoms with van der Waals surface area (Å²) in [4.78, 5) is 36.1. The number of nitriles is 2. The molecule has 364 valence electrons. The first-order valence-electron chi connectivity index (χ1n) is 22.1. The van der Waals surface area contributed by atoms with Crippen LogP contribution in [-0.4, -0.2) is 63.7 Å². The first-order valence-corrected chi connectivity index (χ1v) is 22.9. The fourth-order valence-corrected chi connectivity index (χ4v) is 7.92. The molecule has 0 amide bonds. The van der Waals surface area contributed by atoms with Crippen LogP contribution in [0.5, 0.6) is 23.0 Å². The van der Waals surface area contributed by atoms with E-state index in [0.29, 0.717) is 45.3 Å². The molecule has 6 aromatic rings. The zero-order valence-corrected chi connectivity index (χ0v) is 40.6. The normalized spacial score (nSPS) is 11.8. The van der Waals surface area contributed by atoms with E-state index in [1.807, 2.05) is 62.4 Å². The quantitative estimate of drug-likeness (QED) is 0.0336. The molecule has 0 aliphatic carbocycles. The van der Waals surface area contributed by atoms with E-state index in [0.717, 1.165) is 50.7 Å². The average molecular weight is 998 g/mol. The predicted octanol–water partition coefficient (Wildman–Crippen LogP) is 9.34. The summed E-state index contributed by atoms with van der Waals surface area (Å²) in [7, 11) is 1.67. The van der Waals surface area contributed by atoms with Gasteiger partial charge in [-0.1, -0.05) is 59.6 Å². The van der Waals surface area contributed by atoms with Gasteiger partial charge in [0, 0.05) is 97.5 Å². The average Bonchev–Trinajstić information content (AvgIpc) is 3.36. The van der Waals surface area contributed by atoms with Gasteiger partial charge in [-0.05, 0) is 77.7 Å². The fourth-order valence-electron chi connectivity index (χ4n) is 7.44. The third-order valence-corrected chi connectivity index (χ3v) is 11.9. The van der Waals surface area contributed by atoms with E-state index in [2.05, 4.69) is 31.7 Å². The van der Waals surface area contributed by atoms with Crippen molar-refractivity contribution in [1.29, 1.82) is 15.9 Å². The van der Waals surface area contributed by atoms with Crippen LogP contribution in [0.4, 0.5) is 0 Å². The number of carbonyl (C=O) groups is 2. The molecule has 16 nitrogen and oxygen atoms in total. The number of halogens is 2. The maximum atomic E-state index is 11.8. The van der Waals surface area contributed by atoms with Crippen LogP contribution in [-0.2, 0) is 49.1 Å². The standard InChI is InChI=1S/C53H50Cl2N8O8/c1-32-38(30-70-50-18-48(68-28-36-14-34(20-58)22-60-24-36)40(16-44(50)54)26-62-46(10-12-56)52(64)65)6-4-8-42(32)43-9-5-7-39(33(43)2)31-71-51-19-49(69-29-37-15-35(21-59-3)23-61-25-37)41(17-45(51)55)27-63-47(11-13-57)53(66)67/h4-9,12,14-19,21-25,46-47,56,62-63H,10-11,26-31H2,1-3H3,(H,64,65)(H,66,67)/b56-12?,59-21+/t46-,47-/m0/s1. The first-order chi connectivity index (χ1) is 34.3. The Hall–Kier alpha value is -7.86. The zero-order chi connectivity index (χ0) is 50.9. The van der Waals surface area contributed by atoms with Crippen molar-refractivity contribution in [2.24, 2.45) is 4.99 Å². The molecule has 71 heavy (non-hydrogen) atoms. The highest BCUT2D eigenvalue weighted by atomic mass is 35.5. The number of rotatable bonds is 25. The highest BCUT2D eigenvalue weighted by Gasteiger charge is 2.21. The second kappa shape index (κ2) is 25.7. The van der Waals surface area contributed by atoms with Gasteiger partial charge in [-0.15, -0.1) is 0 Å². The van der Waals surface area contributed by atoms with Crippen molar-refractivity contribution >= 4 is 47.6 Å². The lowest BCUT2D eigenvalue weighted by molar-refractivity contribution is -0.140. The highest BCUT2D eigenvalue weighted by Crippen LogP contribution is 2.37. The van der Waals surface area contributed by atoms with Gasteiger partial charge in [-0.25, -0.2) is 0 Å². The van der Waals surface area contributed by atoms with Crippen LogP contribution in [0, 0.1) is 41.9 Å². The second-order valence-corrected chi connectivity index (χ2v) is 17.0. The summed E-state index contributed by atoms with van der Waals surface area (Å²) in [6, 6.07) is 23.9. The van der Waals surface area contributed by atoms with E-state index in [4.69, 9.17) is 47.6 Å². The van der Waals surface area contributed by atoms with Crippen molar-refractivity contribution in [2.45, 2.75) is 78.3 Å². The summed E-state index contributed by atoms with van der Waals surface area (Å²) in [6.07, 6.45) is 8.86. The number of benzene rings is 4. The minimum atomic E-state index is -1.16. The fraction of sp³-hybridized carbons (Fsp3) is 0.245. The van der Waals surface area contributed by atoms with Crippen LogP contribution in [0.1, 0.15) is 68.5 Å². The van der Waals surface area contributed by atoms with Gasteiger partial charge >= 0.3 is 11.9 Å². The molecule has 0 aliphatic heterocycles. The number of pyridine rings is 2. The maximum Gasteiger partial charge on any atom is 0.321 e. The SMILES string of the molecule is C/N=C/c1cncc(COc2cc(OCc3cccc(-c4cccc(COc5cc(OCc6cncc(C#N)c6)c(CN[C@@H](CC=N)C(=O)O)cc5Cl)c4C)c3C)c(Cl)cc2CN[C@@H](CC#N)C(=O)O)c1. The Labute approximate surface area is 421 Å². The number of aromatic nitrogens is 2. The Morgan fingerprint density at radius 1 is 0.704 bits per heavy atom. The summed E-state index contributed by atoms with van der Waals surface area (Å²) in [5, 5.41) is 51.7. The van der Waals surface area contributed by atoms with E-state index in [1.165, 1.54) is 6.20 Å². The van der Waals surface area contributed by atoms with E-state index in [-0.39, 0.29) is 62.4 Å². The molecule has 0 saturated carbocycles. The molecule has 0 fully saturated rings. The molecule has 0 radical (unpaired) electrons. The van der Waals surface area contributed by atoms with E-state index in [9.17, 15) is 30.3 Å². The summed E-state index contributed by atoms with van der Waals surface area (Å²) in [5.41, 5.74) is 9.38. The molecule has 5 N–H and O–H groups in total. The van der Waals surface area contributed by atoms with Gasteiger partial charge in [0.25, 0.3) is 0 Å². The third-order valence-electron chi connectivity index (χ3n) is 11.3. The number of hydrogen-bond donors (Lipinski definition) is 5. The lowest BCUT2D eigenvalue weighted by Gasteiger charge is -2.19. The Balaban J connectivity index is 1.21. The van der Waals surface area contributed by atoms with E-state index < -0.39 is 24.0 Å². The number of aliphatic carboxylic acids is 2.